The Morgan fingerprint density at radius 2 is 2.00 bits per heavy atom. The Labute approximate surface area is 177 Å². The summed E-state index contributed by atoms with van der Waals surface area (Å²) in [4.78, 5) is 24.7. The maximum absolute atomic E-state index is 12.4. The van der Waals surface area contributed by atoms with Crippen LogP contribution in [0.4, 0.5) is 11.4 Å². The van der Waals surface area contributed by atoms with Crippen molar-refractivity contribution in [3.05, 3.63) is 54.1 Å². The zero-order valence-corrected chi connectivity index (χ0v) is 17.4. The lowest BCUT2D eigenvalue weighted by molar-refractivity contribution is -0.114. The summed E-state index contributed by atoms with van der Waals surface area (Å²) in [6.45, 7) is 5.23. The van der Waals surface area contributed by atoms with Crippen LogP contribution in [0.5, 0.6) is 5.75 Å². The molecular weight excluding hydrogens is 382 g/mol. The van der Waals surface area contributed by atoms with E-state index in [0.29, 0.717) is 23.5 Å². The van der Waals surface area contributed by atoms with Crippen molar-refractivity contribution in [2.75, 3.05) is 30.3 Å². The second-order valence-corrected chi connectivity index (χ2v) is 7.49. The molecule has 160 valence electrons. The normalized spacial score (nSPS) is 15.6. The minimum absolute atomic E-state index is 0.0379. The number of carbonyl (C=O) groups is 2. The van der Waals surface area contributed by atoms with Crippen molar-refractivity contribution < 1.29 is 19.1 Å². The van der Waals surface area contributed by atoms with Gasteiger partial charge in [0.15, 0.2) is 0 Å². The van der Waals surface area contributed by atoms with Gasteiger partial charge in [-0.05, 0) is 57.0 Å². The third-order valence-corrected chi connectivity index (χ3v) is 4.61. The summed E-state index contributed by atoms with van der Waals surface area (Å²) in [5.74, 6) is 0.302. The average molecular weight is 412 g/mol. The summed E-state index contributed by atoms with van der Waals surface area (Å²) in [6.07, 6.45) is 2.13. The summed E-state index contributed by atoms with van der Waals surface area (Å²) in [7, 11) is 0. The van der Waals surface area contributed by atoms with Crippen LogP contribution in [0.25, 0.3) is 0 Å². The van der Waals surface area contributed by atoms with Crippen molar-refractivity contribution in [2.24, 2.45) is 0 Å². The van der Waals surface area contributed by atoms with Gasteiger partial charge in [0.25, 0.3) is 5.91 Å². The molecule has 1 atom stereocenters. The van der Waals surface area contributed by atoms with Crippen molar-refractivity contribution in [1.82, 2.24) is 5.32 Å². The molecule has 1 unspecified atom stereocenters. The molecule has 1 aliphatic rings. The highest BCUT2D eigenvalue weighted by Gasteiger charge is 2.17. The molecule has 3 rings (SSSR count). The van der Waals surface area contributed by atoms with Crippen LogP contribution in [0.15, 0.2) is 48.5 Å². The number of anilines is 2. The summed E-state index contributed by atoms with van der Waals surface area (Å²) >= 11 is 0. The molecule has 3 N–H and O–H groups in total. The van der Waals surface area contributed by atoms with Gasteiger partial charge in [-0.15, -0.1) is 0 Å². The first-order valence-electron chi connectivity index (χ1n) is 10.3. The molecule has 0 aliphatic carbocycles. The fourth-order valence-electron chi connectivity index (χ4n) is 3.20. The maximum atomic E-state index is 12.4. The highest BCUT2D eigenvalue weighted by atomic mass is 16.5. The fraction of sp³-hybridized carbons (Fsp3) is 0.391. The van der Waals surface area contributed by atoms with Gasteiger partial charge in [-0.1, -0.05) is 18.2 Å². The Balaban J connectivity index is 1.52. The van der Waals surface area contributed by atoms with E-state index in [4.69, 9.17) is 9.47 Å². The van der Waals surface area contributed by atoms with E-state index in [1.54, 1.807) is 24.3 Å². The number of carbonyl (C=O) groups excluding carboxylic acids is 2. The molecule has 7 nitrogen and oxygen atoms in total. The molecule has 0 spiro atoms. The summed E-state index contributed by atoms with van der Waals surface area (Å²) < 4.78 is 11.3. The van der Waals surface area contributed by atoms with Crippen LogP contribution in [0.1, 0.15) is 37.0 Å². The van der Waals surface area contributed by atoms with Crippen LogP contribution >= 0.6 is 0 Å². The van der Waals surface area contributed by atoms with E-state index >= 15 is 0 Å². The molecule has 0 bridgehead atoms. The molecule has 1 aliphatic heterocycles. The van der Waals surface area contributed by atoms with Crippen LogP contribution in [0.2, 0.25) is 0 Å². The van der Waals surface area contributed by atoms with E-state index < -0.39 is 0 Å². The zero-order chi connectivity index (χ0) is 21.3. The lowest BCUT2D eigenvalue weighted by Gasteiger charge is -2.15. The van der Waals surface area contributed by atoms with Gasteiger partial charge in [-0.25, -0.2) is 0 Å². The van der Waals surface area contributed by atoms with E-state index in [1.807, 2.05) is 38.1 Å². The first kappa shape index (κ1) is 21.6. The van der Waals surface area contributed by atoms with Gasteiger partial charge in [-0.3, -0.25) is 9.59 Å². The highest BCUT2D eigenvalue weighted by Crippen LogP contribution is 2.24. The largest absolute Gasteiger partial charge is 0.489 e. The SMILES string of the molecule is CC(C)Oc1ccccc1NCC(=O)Nc1cccc(C(=O)NCC2CCCO2)c1. The molecule has 2 aromatic rings. The highest BCUT2D eigenvalue weighted by molar-refractivity contribution is 5.98. The van der Waals surface area contributed by atoms with Gasteiger partial charge in [0, 0.05) is 24.4 Å². The first-order chi connectivity index (χ1) is 14.5. The van der Waals surface area contributed by atoms with Gasteiger partial charge in [0.2, 0.25) is 5.91 Å². The number of amides is 2. The van der Waals surface area contributed by atoms with E-state index in [1.165, 1.54) is 0 Å². The van der Waals surface area contributed by atoms with Gasteiger partial charge < -0.3 is 25.4 Å². The number of nitrogens with one attached hydrogen (secondary N) is 3. The fourth-order valence-corrected chi connectivity index (χ4v) is 3.20. The Morgan fingerprint density at radius 1 is 1.17 bits per heavy atom. The predicted octanol–water partition coefficient (Wildman–Crippen LogP) is 3.43. The molecule has 1 saturated heterocycles. The smallest absolute Gasteiger partial charge is 0.251 e. The van der Waals surface area contributed by atoms with Gasteiger partial charge >= 0.3 is 0 Å². The third-order valence-electron chi connectivity index (χ3n) is 4.61. The minimum Gasteiger partial charge on any atom is -0.489 e. The number of para-hydroxylation sites is 2. The number of hydrogen-bond acceptors (Lipinski definition) is 5. The Hall–Kier alpha value is -3.06. The Morgan fingerprint density at radius 3 is 2.77 bits per heavy atom. The van der Waals surface area contributed by atoms with Crippen LogP contribution < -0.4 is 20.7 Å². The Kier molecular flexibility index (Phi) is 7.68. The summed E-state index contributed by atoms with van der Waals surface area (Å²) in [6, 6.07) is 14.4. The number of benzene rings is 2. The molecule has 0 saturated carbocycles. The Bertz CT molecular complexity index is 863. The summed E-state index contributed by atoms with van der Waals surface area (Å²) in [5.41, 5.74) is 1.82. The van der Waals surface area contributed by atoms with Crippen molar-refractivity contribution >= 4 is 23.2 Å². The predicted molar refractivity (Wildman–Crippen MR) is 117 cm³/mol. The topological polar surface area (TPSA) is 88.7 Å². The zero-order valence-electron chi connectivity index (χ0n) is 17.4. The quantitative estimate of drug-likeness (QED) is 0.588. The molecule has 7 heteroatoms. The van der Waals surface area contributed by atoms with Crippen LogP contribution in [0.3, 0.4) is 0 Å². The van der Waals surface area contributed by atoms with E-state index in [-0.39, 0.29) is 30.6 Å². The number of hydrogen-bond donors (Lipinski definition) is 3. The number of ether oxygens (including phenoxy) is 2. The van der Waals surface area contributed by atoms with Crippen LogP contribution in [-0.4, -0.2) is 43.7 Å². The average Bonchev–Trinajstić information content (AvgIpc) is 3.25. The molecular formula is C23H29N3O4. The van der Waals surface area contributed by atoms with E-state index in [0.717, 1.165) is 25.1 Å². The van der Waals surface area contributed by atoms with E-state index in [2.05, 4.69) is 16.0 Å². The van der Waals surface area contributed by atoms with Crippen LogP contribution in [-0.2, 0) is 9.53 Å². The van der Waals surface area contributed by atoms with Gasteiger partial charge in [0.05, 0.1) is 24.4 Å². The standard InChI is InChI=1S/C23H29N3O4/c1-16(2)30-21-11-4-3-10-20(21)24-15-22(27)26-18-8-5-7-17(13-18)23(28)25-14-19-9-6-12-29-19/h3-5,7-8,10-11,13,16,19,24H,6,9,12,14-15H2,1-2H3,(H,25,28)(H,26,27). The van der Waals surface area contributed by atoms with Crippen molar-refractivity contribution in [3.63, 3.8) is 0 Å². The first-order valence-corrected chi connectivity index (χ1v) is 10.3. The van der Waals surface area contributed by atoms with Crippen molar-refractivity contribution in [1.29, 1.82) is 0 Å². The maximum Gasteiger partial charge on any atom is 0.251 e. The van der Waals surface area contributed by atoms with Crippen molar-refractivity contribution in [2.45, 2.75) is 38.9 Å². The van der Waals surface area contributed by atoms with Crippen LogP contribution in [0, 0.1) is 0 Å². The van der Waals surface area contributed by atoms with Crippen molar-refractivity contribution in [3.8, 4) is 5.75 Å². The number of rotatable bonds is 9. The van der Waals surface area contributed by atoms with Gasteiger partial charge in [-0.2, -0.15) is 0 Å². The minimum atomic E-state index is -0.216. The molecule has 30 heavy (non-hydrogen) atoms. The second kappa shape index (κ2) is 10.6. The molecule has 1 fully saturated rings. The molecule has 1 heterocycles. The van der Waals surface area contributed by atoms with Gasteiger partial charge in [0.1, 0.15) is 5.75 Å². The lowest BCUT2D eigenvalue weighted by atomic mass is 10.1. The molecule has 2 aromatic carbocycles. The lowest BCUT2D eigenvalue weighted by Crippen LogP contribution is -2.31. The summed E-state index contributed by atoms with van der Waals surface area (Å²) in [5, 5.41) is 8.80. The molecule has 0 radical (unpaired) electrons. The van der Waals surface area contributed by atoms with E-state index in [9.17, 15) is 9.59 Å². The third kappa shape index (κ3) is 6.49. The monoisotopic (exact) mass is 411 g/mol. The second-order valence-electron chi connectivity index (χ2n) is 7.49. The molecule has 2 amide bonds. The molecule has 0 aromatic heterocycles.